The lowest BCUT2D eigenvalue weighted by molar-refractivity contribution is -0.123. The second-order valence-electron chi connectivity index (χ2n) is 5.70. The van der Waals surface area contributed by atoms with Crippen LogP contribution in [0.4, 0.5) is 8.78 Å². The molecule has 3 rings (SSSR count). The van der Waals surface area contributed by atoms with Crippen molar-refractivity contribution in [1.29, 1.82) is 0 Å². The summed E-state index contributed by atoms with van der Waals surface area (Å²) < 4.78 is 25.9. The smallest absolute Gasteiger partial charge is 0.159 e. The Morgan fingerprint density at radius 3 is 2.47 bits per heavy atom. The molecule has 2 bridgehead atoms. The van der Waals surface area contributed by atoms with E-state index in [1.54, 1.807) is 0 Å². The molecular formula is C15H17F2NO. The maximum Gasteiger partial charge on any atom is 0.159 e. The van der Waals surface area contributed by atoms with Crippen LogP contribution >= 0.6 is 0 Å². The minimum atomic E-state index is -0.879. The quantitative estimate of drug-likeness (QED) is 0.910. The van der Waals surface area contributed by atoms with Gasteiger partial charge in [0.05, 0.1) is 0 Å². The van der Waals surface area contributed by atoms with Crippen LogP contribution in [0.2, 0.25) is 0 Å². The Labute approximate surface area is 111 Å². The molecule has 1 aromatic carbocycles. The summed E-state index contributed by atoms with van der Waals surface area (Å²) in [5.74, 6) is -1.51. The summed E-state index contributed by atoms with van der Waals surface area (Å²) in [6.45, 7) is 0. The molecule has 2 unspecified atom stereocenters. The zero-order valence-corrected chi connectivity index (χ0v) is 10.7. The van der Waals surface area contributed by atoms with E-state index in [0.717, 1.165) is 37.8 Å². The maximum absolute atomic E-state index is 13.1. The summed E-state index contributed by atoms with van der Waals surface area (Å²) in [7, 11) is 0. The van der Waals surface area contributed by atoms with Gasteiger partial charge in [-0.2, -0.15) is 0 Å². The molecule has 102 valence electrons. The molecule has 0 aromatic heterocycles. The van der Waals surface area contributed by atoms with Crippen molar-refractivity contribution in [3.63, 3.8) is 0 Å². The fourth-order valence-electron chi connectivity index (χ4n) is 3.32. The van der Waals surface area contributed by atoms with Crippen molar-refractivity contribution in [2.24, 2.45) is 5.92 Å². The lowest BCUT2D eigenvalue weighted by atomic mass is 9.86. The highest BCUT2D eigenvalue weighted by Gasteiger charge is 2.36. The number of hydrogen-bond acceptors (Lipinski definition) is 2. The first-order chi connectivity index (χ1) is 9.11. The van der Waals surface area contributed by atoms with Crippen LogP contribution in [-0.2, 0) is 11.2 Å². The van der Waals surface area contributed by atoms with Gasteiger partial charge in [0.25, 0.3) is 0 Å². The first-order valence-corrected chi connectivity index (χ1v) is 6.84. The number of carbonyl (C=O) groups excluding carboxylic acids is 1. The number of halogens is 2. The molecule has 0 aliphatic carbocycles. The number of benzene rings is 1. The number of piperidine rings is 1. The second kappa shape index (κ2) is 5.00. The monoisotopic (exact) mass is 265 g/mol. The maximum atomic E-state index is 13.1. The van der Waals surface area contributed by atoms with Crippen molar-refractivity contribution in [3.05, 3.63) is 35.4 Å². The molecule has 0 radical (unpaired) electrons. The molecule has 4 heteroatoms. The summed E-state index contributed by atoms with van der Waals surface area (Å²) in [4.78, 5) is 12.2. The van der Waals surface area contributed by atoms with E-state index in [1.165, 1.54) is 6.07 Å². The molecule has 2 aliphatic rings. The van der Waals surface area contributed by atoms with Gasteiger partial charge in [0.2, 0.25) is 0 Å². The van der Waals surface area contributed by atoms with Gasteiger partial charge < -0.3 is 5.32 Å². The van der Waals surface area contributed by atoms with E-state index in [-0.39, 0.29) is 18.1 Å². The van der Waals surface area contributed by atoms with Gasteiger partial charge in [-0.3, -0.25) is 4.79 Å². The SMILES string of the molecule is O=C(Cc1ccc(F)c(F)c1)C1CC2CCC(C1)N2. The largest absolute Gasteiger partial charge is 0.311 e. The van der Waals surface area contributed by atoms with Crippen LogP contribution < -0.4 is 5.32 Å². The Bertz CT molecular complexity index is 491. The van der Waals surface area contributed by atoms with Gasteiger partial charge >= 0.3 is 0 Å². The Morgan fingerprint density at radius 1 is 1.16 bits per heavy atom. The van der Waals surface area contributed by atoms with Crippen LogP contribution in [0.1, 0.15) is 31.2 Å². The van der Waals surface area contributed by atoms with Crippen molar-refractivity contribution in [3.8, 4) is 0 Å². The molecule has 0 saturated carbocycles. The van der Waals surface area contributed by atoms with Gasteiger partial charge in [0, 0.05) is 24.4 Å². The van der Waals surface area contributed by atoms with E-state index < -0.39 is 11.6 Å². The standard InChI is InChI=1S/C15H17F2NO/c16-13-4-1-9(5-14(13)17)6-15(19)10-7-11-2-3-12(8-10)18-11/h1,4-5,10-12,18H,2-3,6-8H2. The summed E-state index contributed by atoms with van der Waals surface area (Å²) >= 11 is 0. The van der Waals surface area contributed by atoms with Crippen LogP contribution in [-0.4, -0.2) is 17.9 Å². The van der Waals surface area contributed by atoms with Crippen molar-refractivity contribution in [1.82, 2.24) is 5.32 Å². The predicted octanol–water partition coefficient (Wildman–Crippen LogP) is 2.61. The Morgan fingerprint density at radius 2 is 1.84 bits per heavy atom. The van der Waals surface area contributed by atoms with Gasteiger partial charge in [-0.05, 0) is 43.4 Å². The van der Waals surface area contributed by atoms with Gasteiger partial charge in [-0.15, -0.1) is 0 Å². The third kappa shape index (κ3) is 2.68. The number of Topliss-reactive ketones (excluding diaryl/α,β-unsaturated/α-hetero) is 1. The average Bonchev–Trinajstić information content (AvgIpc) is 2.72. The fourth-order valence-corrected chi connectivity index (χ4v) is 3.32. The number of nitrogens with one attached hydrogen (secondary N) is 1. The molecule has 1 N–H and O–H groups in total. The Balaban J connectivity index is 1.66. The summed E-state index contributed by atoms with van der Waals surface area (Å²) in [5.41, 5.74) is 0.565. The van der Waals surface area contributed by atoms with E-state index in [1.807, 2.05) is 0 Å². The molecule has 2 heterocycles. The average molecular weight is 265 g/mol. The minimum absolute atomic E-state index is 0.0758. The van der Waals surface area contributed by atoms with E-state index in [4.69, 9.17) is 0 Å². The number of carbonyl (C=O) groups is 1. The predicted molar refractivity (Wildman–Crippen MR) is 67.7 cm³/mol. The lowest BCUT2D eigenvalue weighted by Crippen LogP contribution is -2.40. The zero-order valence-electron chi connectivity index (χ0n) is 10.7. The van der Waals surface area contributed by atoms with E-state index in [2.05, 4.69) is 5.32 Å². The van der Waals surface area contributed by atoms with Gasteiger partial charge in [-0.1, -0.05) is 6.07 Å². The normalized spacial score (nSPS) is 29.5. The molecule has 0 spiro atoms. The Kier molecular flexibility index (Phi) is 3.35. The number of ketones is 1. The van der Waals surface area contributed by atoms with Crippen LogP contribution in [0.25, 0.3) is 0 Å². The van der Waals surface area contributed by atoms with Crippen molar-refractivity contribution >= 4 is 5.78 Å². The van der Waals surface area contributed by atoms with Gasteiger partial charge in [0.1, 0.15) is 5.78 Å². The molecule has 2 aliphatic heterocycles. The molecular weight excluding hydrogens is 248 g/mol. The zero-order chi connectivity index (χ0) is 13.4. The Hall–Kier alpha value is -1.29. The van der Waals surface area contributed by atoms with Crippen molar-refractivity contribution in [2.75, 3.05) is 0 Å². The van der Waals surface area contributed by atoms with Crippen LogP contribution in [0.5, 0.6) is 0 Å². The molecule has 2 fully saturated rings. The van der Waals surface area contributed by atoms with Crippen molar-refractivity contribution < 1.29 is 13.6 Å². The molecule has 1 aromatic rings. The van der Waals surface area contributed by atoms with E-state index in [9.17, 15) is 13.6 Å². The van der Waals surface area contributed by atoms with Crippen LogP contribution in [0.15, 0.2) is 18.2 Å². The van der Waals surface area contributed by atoms with Gasteiger partial charge in [-0.25, -0.2) is 8.78 Å². The highest BCUT2D eigenvalue weighted by molar-refractivity contribution is 5.83. The molecule has 19 heavy (non-hydrogen) atoms. The second-order valence-corrected chi connectivity index (χ2v) is 5.70. The number of rotatable bonds is 3. The number of fused-ring (bicyclic) bond motifs is 2. The van der Waals surface area contributed by atoms with Gasteiger partial charge in [0.15, 0.2) is 11.6 Å². The first kappa shape index (κ1) is 12.7. The fraction of sp³-hybridized carbons (Fsp3) is 0.533. The van der Waals surface area contributed by atoms with Crippen LogP contribution in [0, 0.1) is 17.6 Å². The molecule has 0 amide bonds. The number of hydrogen-bond donors (Lipinski definition) is 1. The molecule has 2 atom stereocenters. The lowest BCUT2D eigenvalue weighted by Gasteiger charge is -2.28. The van der Waals surface area contributed by atoms with Crippen LogP contribution in [0.3, 0.4) is 0 Å². The highest BCUT2D eigenvalue weighted by atomic mass is 19.2. The van der Waals surface area contributed by atoms with Crippen molar-refractivity contribution in [2.45, 2.75) is 44.2 Å². The first-order valence-electron chi connectivity index (χ1n) is 6.84. The highest BCUT2D eigenvalue weighted by Crippen LogP contribution is 2.32. The molecule has 2 nitrogen and oxygen atoms in total. The molecule has 2 saturated heterocycles. The summed E-state index contributed by atoms with van der Waals surface area (Å²) in [6, 6.07) is 4.65. The summed E-state index contributed by atoms with van der Waals surface area (Å²) in [6.07, 6.45) is 4.29. The third-order valence-electron chi connectivity index (χ3n) is 4.29. The van der Waals surface area contributed by atoms with E-state index >= 15 is 0 Å². The topological polar surface area (TPSA) is 29.1 Å². The third-order valence-corrected chi connectivity index (χ3v) is 4.29. The minimum Gasteiger partial charge on any atom is -0.311 e. The summed E-state index contributed by atoms with van der Waals surface area (Å²) in [5, 5.41) is 3.49. The van der Waals surface area contributed by atoms with E-state index in [0.29, 0.717) is 17.6 Å².